The van der Waals surface area contributed by atoms with Crippen LogP contribution in [-0.2, 0) is 32.3 Å². The van der Waals surface area contributed by atoms with E-state index in [1.807, 2.05) is 0 Å². The number of likely N-dealkylation sites (N-methyl/N-ethyl adjacent to an activating group) is 1. The minimum atomic E-state index is -4.89. The second-order valence-corrected chi connectivity index (χ2v) is 11.8. The summed E-state index contributed by atoms with van der Waals surface area (Å²) < 4.78 is 69.4. The van der Waals surface area contributed by atoms with Gasteiger partial charge in [-0.1, -0.05) is 66.0 Å². The van der Waals surface area contributed by atoms with Crippen LogP contribution in [0.4, 0.5) is 18.9 Å². The fourth-order valence-corrected chi connectivity index (χ4v) is 5.97. The first-order valence-electron chi connectivity index (χ1n) is 12.4. The number of aryl methyl sites for hydroxylation is 1. The van der Waals surface area contributed by atoms with Gasteiger partial charge in [0.2, 0.25) is 11.8 Å². The van der Waals surface area contributed by atoms with Gasteiger partial charge in [0, 0.05) is 18.6 Å². The van der Waals surface area contributed by atoms with Crippen LogP contribution in [0.15, 0.2) is 71.6 Å². The van der Waals surface area contributed by atoms with Crippen LogP contribution in [0.2, 0.25) is 10.0 Å². The zero-order valence-corrected chi connectivity index (χ0v) is 24.7. The molecule has 41 heavy (non-hydrogen) atoms. The molecular formula is C28H28Cl2F3N3O4S. The molecule has 1 N–H and O–H groups in total. The van der Waals surface area contributed by atoms with E-state index in [1.165, 1.54) is 31.3 Å². The molecule has 13 heteroatoms. The average molecular weight is 631 g/mol. The Morgan fingerprint density at radius 3 is 2.17 bits per heavy atom. The van der Waals surface area contributed by atoms with Crippen LogP contribution in [0.1, 0.15) is 30.0 Å². The second-order valence-electron chi connectivity index (χ2n) is 9.14. The van der Waals surface area contributed by atoms with Gasteiger partial charge in [0.1, 0.15) is 12.6 Å². The van der Waals surface area contributed by atoms with Crippen molar-refractivity contribution in [3.63, 3.8) is 0 Å². The number of hydrogen-bond donors (Lipinski definition) is 1. The molecule has 2 amide bonds. The molecule has 0 bridgehead atoms. The highest BCUT2D eigenvalue weighted by Gasteiger charge is 2.37. The molecule has 3 rings (SSSR count). The summed E-state index contributed by atoms with van der Waals surface area (Å²) in [6.45, 7) is 2.34. The van der Waals surface area contributed by atoms with Gasteiger partial charge in [-0.05, 0) is 55.3 Å². The molecule has 0 aliphatic carbocycles. The predicted molar refractivity (Wildman–Crippen MR) is 152 cm³/mol. The van der Waals surface area contributed by atoms with Crippen LogP contribution in [0, 0.1) is 6.92 Å². The van der Waals surface area contributed by atoms with Gasteiger partial charge in [-0.2, -0.15) is 13.2 Å². The maximum absolute atomic E-state index is 13.9. The van der Waals surface area contributed by atoms with Crippen LogP contribution < -0.4 is 9.62 Å². The number of benzene rings is 3. The smallest absolute Gasteiger partial charge is 0.357 e. The highest BCUT2D eigenvalue weighted by molar-refractivity contribution is 7.92. The number of carbonyl (C=O) groups excluding carboxylic acids is 2. The number of halogens is 5. The van der Waals surface area contributed by atoms with Crippen LogP contribution in [0.5, 0.6) is 0 Å². The van der Waals surface area contributed by atoms with E-state index in [0.717, 1.165) is 22.6 Å². The van der Waals surface area contributed by atoms with Crippen LogP contribution in [-0.4, -0.2) is 44.8 Å². The Morgan fingerprint density at radius 1 is 0.976 bits per heavy atom. The average Bonchev–Trinajstić information content (AvgIpc) is 2.92. The van der Waals surface area contributed by atoms with Gasteiger partial charge in [-0.15, -0.1) is 0 Å². The monoisotopic (exact) mass is 629 g/mol. The quantitative estimate of drug-likeness (QED) is 0.295. The van der Waals surface area contributed by atoms with Gasteiger partial charge >= 0.3 is 6.18 Å². The van der Waals surface area contributed by atoms with Crippen molar-refractivity contribution < 1.29 is 31.2 Å². The molecule has 0 radical (unpaired) electrons. The third kappa shape index (κ3) is 7.52. The van der Waals surface area contributed by atoms with Crippen molar-refractivity contribution in [2.45, 2.75) is 43.9 Å². The lowest BCUT2D eigenvalue weighted by Gasteiger charge is -2.33. The van der Waals surface area contributed by atoms with Crippen molar-refractivity contribution in [1.82, 2.24) is 10.2 Å². The topological polar surface area (TPSA) is 86.8 Å². The molecule has 0 aliphatic rings. The summed E-state index contributed by atoms with van der Waals surface area (Å²) in [5.74, 6) is -1.34. The summed E-state index contributed by atoms with van der Waals surface area (Å²) in [6, 6.07) is 13.8. The molecule has 0 saturated heterocycles. The summed E-state index contributed by atoms with van der Waals surface area (Å²) in [7, 11) is -3.17. The Balaban J connectivity index is 2.16. The van der Waals surface area contributed by atoms with E-state index < -0.39 is 56.9 Å². The molecule has 3 aromatic rings. The first-order chi connectivity index (χ1) is 19.2. The van der Waals surface area contributed by atoms with Gasteiger partial charge in [-0.3, -0.25) is 13.9 Å². The highest BCUT2D eigenvalue weighted by Crippen LogP contribution is 2.38. The Labute approximate surface area is 246 Å². The lowest BCUT2D eigenvalue weighted by Crippen LogP contribution is -2.51. The van der Waals surface area contributed by atoms with Crippen molar-refractivity contribution in [3.05, 3.63) is 93.5 Å². The molecule has 220 valence electrons. The number of nitrogens with zero attached hydrogens (tertiary/aromatic N) is 2. The maximum atomic E-state index is 13.9. The van der Waals surface area contributed by atoms with Gasteiger partial charge in [0.15, 0.2) is 0 Å². The number of rotatable bonds is 10. The largest absolute Gasteiger partial charge is 0.417 e. The van der Waals surface area contributed by atoms with Crippen molar-refractivity contribution in [3.8, 4) is 0 Å². The molecule has 0 spiro atoms. The molecule has 0 unspecified atom stereocenters. The van der Waals surface area contributed by atoms with Crippen molar-refractivity contribution in [1.29, 1.82) is 0 Å². The molecular weight excluding hydrogens is 602 g/mol. The van der Waals surface area contributed by atoms with Gasteiger partial charge < -0.3 is 10.2 Å². The summed E-state index contributed by atoms with van der Waals surface area (Å²) in [6.07, 6.45) is -4.72. The van der Waals surface area contributed by atoms with E-state index in [4.69, 9.17) is 23.2 Å². The standard InChI is InChI=1S/C28H28Cl2F3N3O4S/c1-4-25(27(38)34-3)35(16-19-7-5-6-8-23(19)29)26(37)17-36(41(39,40)21-12-9-18(2)10-13-21)20-11-14-24(30)22(15-20)28(31,32)33/h5-15,25H,4,16-17H2,1-3H3,(H,34,38)/t25-/m1/s1. The molecule has 7 nitrogen and oxygen atoms in total. The molecule has 1 atom stereocenters. The van der Waals surface area contributed by atoms with E-state index in [-0.39, 0.29) is 17.9 Å². The minimum Gasteiger partial charge on any atom is -0.357 e. The molecule has 0 heterocycles. The fraction of sp³-hybridized carbons (Fsp3) is 0.286. The van der Waals surface area contributed by atoms with E-state index in [1.54, 1.807) is 38.1 Å². The molecule has 0 fully saturated rings. The first kappa shape index (κ1) is 32.2. The minimum absolute atomic E-state index is 0.155. The Morgan fingerprint density at radius 2 is 1.61 bits per heavy atom. The molecule has 3 aromatic carbocycles. The van der Waals surface area contributed by atoms with Gasteiger partial charge in [-0.25, -0.2) is 8.42 Å². The van der Waals surface area contributed by atoms with E-state index in [2.05, 4.69) is 5.32 Å². The third-order valence-corrected chi connectivity index (χ3v) is 8.85. The summed E-state index contributed by atoms with van der Waals surface area (Å²) in [5, 5.41) is 2.17. The van der Waals surface area contributed by atoms with E-state index in [0.29, 0.717) is 21.0 Å². The Hall–Kier alpha value is -3.28. The predicted octanol–water partition coefficient (Wildman–Crippen LogP) is 6.07. The highest BCUT2D eigenvalue weighted by atomic mass is 35.5. The van der Waals surface area contributed by atoms with Crippen molar-refractivity contribution in [2.75, 3.05) is 17.9 Å². The summed E-state index contributed by atoms with van der Waals surface area (Å²) in [4.78, 5) is 27.6. The molecule has 0 aliphatic heterocycles. The number of alkyl halides is 3. The first-order valence-corrected chi connectivity index (χ1v) is 14.6. The number of carbonyl (C=O) groups is 2. The fourth-order valence-electron chi connectivity index (χ4n) is 4.15. The Kier molecular flexibility index (Phi) is 10.3. The van der Waals surface area contributed by atoms with Crippen molar-refractivity contribution >= 4 is 50.7 Å². The number of nitrogens with one attached hydrogen (secondary N) is 1. The van der Waals surface area contributed by atoms with E-state index in [9.17, 15) is 31.2 Å². The SMILES string of the molecule is CC[C@H](C(=O)NC)N(Cc1ccccc1Cl)C(=O)CN(c1ccc(Cl)c(C(F)(F)F)c1)S(=O)(=O)c1ccc(C)cc1. The number of anilines is 1. The van der Waals surface area contributed by atoms with Crippen LogP contribution in [0.3, 0.4) is 0 Å². The number of amides is 2. The second kappa shape index (κ2) is 13.1. The van der Waals surface area contributed by atoms with Crippen molar-refractivity contribution in [2.24, 2.45) is 0 Å². The zero-order chi connectivity index (χ0) is 30.5. The lowest BCUT2D eigenvalue weighted by molar-refractivity contribution is -0.140. The van der Waals surface area contributed by atoms with E-state index >= 15 is 0 Å². The van der Waals surface area contributed by atoms with Crippen LogP contribution >= 0.6 is 23.2 Å². The summed E-state index contributed by atoms with van der Waals surface area (Å²) >= 11 is 12.1. The van der Waals surface area contributed by atoms with Gasteiger partial charge in [0.25, 0.3) is 10.0 Å². The number of hydrogen-bond acceptors (Lipinski definition) is 4. The maximum Gasteiger partial charge on any atom is 0.417 e. The van der Waals surface area contributed by atoms with Gasteiger partial charge in [0.05, 0.1) is 21.2 Å². The van der Waals surface area contributed by atoms with Crippen LogP contribution in [0.25, 0.3) is 0 Å². The zero-order valence-electron chi connectivity index (χ0n) is 22.4. The normalized spacial score (nSPS) is 12.5. The lowest BCUT2D eigenvalue weighted by atomic mass is 10.1. The third-order valence-electron chi connectivity index (χ3n) is 6.36. The Bertz CT molecular complexity index is 1520. The molecule has 0 aromatic heterocycles. The number of sulfonamides is 1. The summed E-state index contributed by atoms with van der Waals surface area (Å²) in [5.41, 5.74) is -0.456. The molecule has 0 saturated carbocycles.